The summed E-state index contributed by atoms with van der Waals surface area (Å²) in [7, 11) is 0. The first-order valence-electron chi connectivity index (χ1n) is 6.16. The van der Waals surface area contributed by atoms with Crippen molar-refractivity contribution in [3.8, 4) is 0 Å². The van der Waals surface area contributed by atoms with Gasteiger partial charge in [0.2, 0.25) is 0 Å². The Hall–Kier alpha value is -0.870. The molecular weight excluding hydrogens is 202 g/mol. The maximum absolute atomic E-state index is 5.40. The van der Waals surface area contributed by atoms with Gasteiger partial charge in [-0.25, -0.2) is 0 Å². The third kappa shape index (κ3) is 5.28. The van der Waals surface area contributed by atoms with Crippen LogP contribution in [0.25, 0.3) is 0 Å². The van der Waals surface area contributed by atoms with Gasteiger partial charge in [0.15, 0.2) is 0 Å². The normalized spacial score (nSPS) is 10.9. The average molecular weight is 225 g/mol. The summed E-state index contributed by atoms with van der Waals surface area (Å²) in [4.78, 5) is 0. The number of aryl methyl sites for hydroxylation is 1. The van der Waals surface area contributed by atoms with E-state index in [0.29, 0.717) is 0 Å². The molecule has 0 radical (unpaired) electrons. The second-order valence-corrected chi connectivity index (χ2v) is 3.85. The lowest BCUT2D eigenvalue weighted by Gasteiger charge is -2.03. The molecule has 0 aromatic carbocycles. The van der Waals surface area contributed by atoms with E-state index < -0.39 is 0 Å². The minimum absolute atomic E-state index is 0.856. The Labute approximate surface area is 98.0 Å². The van der Waals surface area contributed by atoms with Gasteiger partial charge in [-0.1, -0.05) is 6.92 Å². The zero-order valence-electron chi connectivity index (χ0n) is 10.4. The molecule has 0 amide bonds. The molecule has 92 valence electrons. The Morgan fingerprint density at radius 3 is 2.94 bits per heavy atom. The molecule has 1 heterocycles. The van der Waals surface area contributed by atoms with Crippen molar-refractivity contribution >= 4 is 0 Å². The van der Waals surface area contributed by atoms with Crippen LogP contribution >= 0.6 is 0 Å². The van der Waals surface area contributed by atoms with Crippen LogP contribution < -0.4 is 5.32 Å². The smallest absolute Gasteiger partial charge is 0.0534 e. The Balaban J connectivity index is 1.98. The van der Waals surface area contributed by atoms with Crippen molar-refractivity contribution in [1.82, 2.24) is 15.1 Å². The fourth-order valence-electron chi connectivity index (χ4n) is 1.45. The van der Waals surface area contributed by atoms with E-state index in [2.05, 4.69) is 30.5 Å². The largest absolute Gasteiger partial charge is 0.381 e. The molecule has 1 N–H and O–H groups in total. The van der Waals surface area contributed by atoms with Gasteiger partial charge in [-0.05, 0) is 26.3 Å². The van der Waals surface area contributed by atoms with E-state index in [1.807, 2.05) is 10.9 Å². The van der Waals surface area contributed by atoms with Crippen LogP contribution in [0.1, 0.15) is 32.3 Å². The van der Waals surface area contributed by atoms with Crippen LogP contribution in [-0.4, -0.2) is 29.5 Å². The van der Waals surface area contributed by atoms with Crippen LogP contribution in [0.5, 0.6) is 0 Å². The summed E-state index contributed by atoms with van der Waals surface area (Å²) < 4.78 is 7.35. The standard InChI is InChI=1S/C12H23N3O/c1-3-7-16-8-5-6-13-9-12-10-14-15(4-2)11-12/h10-11,13H,3-9H2,1-2H3. The predicted octanol–water partition coefficient (Wildman–Crippen LogP) is 1.81. The number of aromatic nitrogens is 2. The average Bonchev–Trinajstić information content (AvgIpc) is 2.76. The summed E-state index contributed by atoms with van der Waals surface area (Å²) in [6.07, 6.45) is 6.18. The number of hydrogen-bond acceptors (Lipinski definition) is 3. The molecule has 0 saturated carbocycles. The molecule has 1 rings (SSSR count). The molecule has 1 aromatic rings. The Morgan fingerprint density at radius 2 is 2.25 bits per heavy atom. The third-order valence-corrected chi connectivity index (χ3v) is 2.33. The molecule has 0 saturated heterocycles. The van der Waals surface area contributed by atoms with Gasteiger partial charge >= 0.3 is 0 Å². The van der Waals surface area contributed by atoms with Crippen molar-refractivity contribution in [2.24, 2.45) is 0 Å². The van der Waals surface area contributed by atoms with Crippen molar-refractivity contribution in [2.45, 2.75) is 39.8 Å². The van der Waals surface area contributed by atoms with E-state index in [1.165, 1.54) is 5.56 Å². The van der Waals surface area contributed by atoms with Crippen LogP contribution in [0.15, 0.2) is 12.4 Å². The molecule has 0 unspecified atom stereocenters. The lowest BCUT2D eigenvalue weighted by atomic mass is 10.3. The van der Waals surface area contributed by atoms with Gasteiger partial charge in [-0.15, -0.1) is 0 Å². The molecule has 0 fully saturated rings. The van der Waals surface area contributed by atoms with Crippen LogP contribution in [-0.2, 0) is 17.8 Å². The highest BCUT2D eigenvalue weighted by atomic mass is 16.5. The van der Waals surface area contributed by atoms with Gasteiger partial charge in [0, 0.05) is 38.1 Å². The fourth-order valence-corrected chi connectivity index (χ4v) is 1.45. The highest BCUT2D eigenvalue weighted by Crippen LogP contribution is 1.96. The molecule has 1 aromatic heterocycles. The lowest BCUT2D eigenvalue weighted by Crippen LogP contribution is -2.16. The van der Waals surface area contributed by atoms with Gasteiger partial charge in [-0.2, -0.15) is 5.10 Å². The van der Waals surface area contributed by atoms with E-state index in [0.717, 1.165) is 45.7 Å². The van der Waals surface area contributed by atoms with Gasteiger partial charge in [-0.3, -0.25) is 4.68 Å². The fraction of sp³-hybridized carbons (Fsp3) is 0.750. The van der Waals surface area contributed by atoms with Gasteiger partial charge in [0.25, 0.3) is 0 Å². The van der Waals surface area contributed by atoms with E-state index in [9.17, 15) is 0 Å². The minimum Gasteiger partial charge on any atom is -0.381 e. The quantitative estimate of drug-likeness (QED) is 0.651. The Kier molecular flexibility index (Phi) is 6.85. The second-order valence-electron chi connectivity index (χ2n) is 3.85. The van der Waals surface area contributed by atoms with Gasteiger partial charge in [0.05, 0.1) is 6.20 Å². The molecule has 0 aliphatic carbocycles. The molecule has 4 nitrogen and oxygen atoms in total. The number of rotatable bonds is 9. The molecule has 0 aliphatic rings. The molecule has 4 heteroatoms. The van der Waals surface area contributed by atoms with Crippen molar-refractivity contribution in [3.63, 3.8) is 0 Å². The summed E-state index contributed by atoms with van der Waals surface area (Å²) in [5, 5.41) is 7.61. The second kappa shape index (κ2) is 8.30. The minimum atomic E-state index is 0.856. The molecule has 0 spiro atoms. The maximum Gasteiger partial charge on any atom is 0.0534 e. The van der Waals surface area contributed by atoms with Crippen molar-refractivity contribution in [2.75, 3.05) is 19.8 Å². The van der Waals surface area contributed by atoms with Gasteiger partial charge < -0.3 is 10.1 Å². The summed E-state index contributed by atoms with van der Waals surface area (Å²) >= 11 is 0. The number of nitrogens with zero attached hydrogens (tertiary/aromatic N) is 2. The van der Waals surface area contributed by atoms with Crippen molar-refractivity contribution in [1.29, 1.82) is 0 Å². The topological polar surface area (TPSA) is 39.1 Å². The summed E-state index contributed by atoms with van der Waals surface area (Å²) in [5.74, 6) is 0. The molecule has 0 bridgehead atoms. The van der Waals surface area contributed by atoms with Crippen LogP contribution in [0.3, 0.4) is 0 Å². The number of hydrogen-bond donors (Lipinski definition) is 1. The highest BCUT2D eigenvalue weighted by Gasteiger charge is 1.96. The maximum atomic E-state index is 5.40. The molecule has 16 heavy (non-hydrogen) atoms. The van der Waals surface area contributed by atoms with Crippen LogP contribution in [0.2, 0.25) is 0 Å². The Bertz CT molecular complexity index is 273. The highest BCUT2D eigenvalue weighted by molar-refractivity contribution is 5.02. The first kappa shape index (κ1) is 13.2. The zero-order valence-corrected chi connectivity index (χ0v) is 10.4. The number of nitrogens with one attached hydrogen (secondary N) is 1. The molecule has 0 aliphatic heterocycles. The van der Waals surface area contributed by atoms with Gasteiger partial charge in [0.1, 0.15) is 0 Å². The zero-order chi connectivity index (χ0) is 11.6. The van der Waals surface area contributed by atoms with Crippen LogP contribution in [0.4, 0.5) is 0 Å². The van der Waals surface area contributed by atoms with E-state index in [1.54, 1.807) is 0 Å². The molecule has 0 atom stereocenters. The van der Waals surface area contributed by atoms with Crippen molar-refractivity contribution < 1.29 is 4.74 Å². The van der Waals surface area contributed by atoms with E-state index in [4.69, 9.17) is 4.74 Å². The summed E-state index contributed by atoms with van der Waals surface area (Å²) in [5.41, 5.74) is 1.25. The Morgan fingerprint density at radius 1 is 1.38 bits per heavy atom. The predicted molar refractivity (Wildman–Crippen MR) is 65.3 cm³/mol. The SMILES string of the molecule is CCCOCCCNCc1cnn(CC)c1. The monoisotopic (exact) mass is 225 g/mol. The van der Waals surface area contributed by atoms with Crippen molar-refractivity contribution in [3.05, 3.63) is 18.0 Å². The first-order chi connectivity index (χ1) is 7.86. The summed E-state index contributed by atoms with van der Waals surface area (Å²) in [6, 6.07) is 0. The van der Waals surface area contributed by atoms with Crippen LogP contribution in [0, 0.1) is 0 Å². The first-order valence-corrected chi connectivity index (χ1v) is 6.16. The van der Waals surface area contributed by atoms with E-state index >= 15 is 0 Å². The third-order valence-electron chi connectivity index (χ3n) is 2.33. The lowest BCUT2D eigenvalue weighted by molar-refractivity contribution is 0.132. The summed E-state index contributed by atoms with van der Waals surface area (Å²) in [6.45, 7) is 8.79. The number of ether oxygens (including phenoxy) is 1. The van der Waals surface area contributed by atoms with E-state index in [-0.39, 0.29) is 0 Å². The molecular formula is C12H23N3O.